The van der Waals surface area contributed by atoms with Gasteiger partial charge in [0.1, 0.15) is 11.5 Å². The summed E-state index contributed by atoms with van der Waals surface area (Å²) in [6, 6.07) is 0. The van der Waals surface area contributed by atoms with Crippen molar-refractivity contribution in [2.45, 2.75) is 57.0 Å². The van der Waals surface area contributed by atoms with Crippen LogP contribution in [0.4, 0.5) is 0 Å². The van der Waals surface area contributed by atoms with E-state index in [0.717, 1.165) is 36.9 Å². The lowest BCUT2D eigenvalue weighted by molar-refractivity contribution is 0.246. The average molecular weight is 276 g/mol. The highest BCUT2D eigenvalue weighted by molar-refractivity contribution is 5.30. The van der Waals surface area contributed by atoms with E-state index in [2.05, 4.69) is 10.2 Å². The number of rotatable bonds is 3. The van der Waals surface area contributed by atoms with Gasteiger partial charge in [-0.2, -0.15) is 0 Å². The van der Waals surface area contributed by atoms with Crippen LogP contribution in [-0.2, 0) is 0 Å². The normalized spacial score (nSPS) is 31.8. The van der Waals surface area contributed by atoms with Gasteiger partial charge in [-0.05, 0) is 31.3 Å². The average Bonchev–Trinajstić information content (AvgIpc) is 2.92. The van der Waals surface area contributed by atoms with Gasteiger partial charge in [0.05, 0.1) is 0 Å². The van der Waals surface area contributed by atoms with E-state index < -0.39 is 5.66 Å². The molecule has 1 unspecified atom stereocenters. The zero-order chi connectivity index (χ0) is 14.0. The first kappa shape index (κ1) is 13.8. The minimum Gasteiger partial charge on any atom is -0.399 e. The molecule has 0 bridgehead atoms. The number of nitrogens with two attached hydrogens (primary N) is 2. The molecule has 1 atom stereocenters. The lowest BCUT2D eigenvalue weighted by Gasteiger charge is -2.39. The summed E-state index contributed by atoms with van der Waals surface area (Å²) in [6.45, 7) is 2.23. The van der Waals surface area contributed by atoms with Crippen LogP contribution in [0.15, 0.2) is 23.7 Å². The molecule has 5 N–H and O–H groups in total. The Bertz CT molecular complexity index is 403. The minimum absolute atomic E-state index is 0.460. The summed E-state index contributed by atoms with van der Waals surface area (Å²) in [7, 11) is 0. The van der Waals surface area contributed by atoms with Crippen LogP contribution in [0.1, 0.15) is 51.4 Å². The molecule has 0 aromatic rings. The number of allylic oxidation sites excluding steroid dienone is 1. The number of dihydropyridines is 1. The third-order valence-electron chi connectivity index (χ3n) is 4.89. The third-order valence-corrected chi connectivity index (χ3v) is 4.89. The maximum absolute atomic E-state index is 6.60. The molecule has 1 saturated carbocycles. The van der Waals surface area contributed by atoms with Gasteiger partial charge >= 0.3 is 0 Å². The van der Waals surface area contributed by atoms with E-state index in [4.69, 9.17) is 11.5 Å². The lowest BCUT2D eigenvalue weighted by atomic mass is 9.82. The molecule has 2 heterocycles. The number of hydrogen-bond donors (Lipinski definition) is 3. The SMILES string of the molecule is NC1=CC(N)(CC2CCCCC2)NC(N2CCCC2)=C1. The molecule has 3 rings (SSSR count). The largest absolute Gasteiger partial charge is 0.399 e. The van der Waals surface area contributed by atoms with Crippen molar-refractivity contribution in [1.29, 1.82) is 0 Å². The fourth-order valence-electron chi connectivity index (χ4n) is 3.91. The molecule has 0 aromatic heterocycles. The molecule has 3 aliphatic rings. The molecule has 1 aliphatic carbocycles. The summed E-state index contributed by atoms with van der Waals surface area (Å²) >= 11 is 0. The molecule has 1 saturated heterocycles. The third kappa shape index (κ3) is 3.11. The van der Waals surface area contributed by atoms with Crippen LogP contribution in [0.5, 0.6) is 0 Å². The predicted octanol–water partition coefficient (Wildman–Crippen LogP) is 1.99. The van der Waals surface area contributed by atoms with Crippen molar-refractivity contribution < 1.29 is 0 Å². The highest BCUT2D eigenvalue weighted by atomic mass is 15.3. The summed E-state index contributed by atoms with van der Waals surface area (Å²) in [5, 5.41) is 3.56. The molecule has 0 aromatic carbocycles. The van der Waals surface area contributed by atoms with E-state index >= 15 is 0 Å². The minimum atomic E-state index is -0.460. The second-order valence-electron chi connectivity index (χ2n) is 6.74. The van der Waals surface area contributed by atoms with Crippen LogP contribution >= 0.6 is 0 Å². The van der Waals surface area contributed by atoms with Crippen LogP contribution in [0.3, 0.4) is 0 Å². The summed E-state index contributed by atoms with van der Waals surface area (Å²) in [5.41, 5.74) is 13.1. The molecule has 4 heteroatoms. The quantitative estimate of drug-likeness (QED) is 0.737. The van der Waals surface area contributed by atoms with E-state index in [0.29, 0.717) is 0 Å². The summed E-state index contributed by atoms with van der Waals surface area (Å²) in [4.78, 5) is 2.38. The van der Waals surface area contributed by atoms with E-state index in [1.165, 1.54) is 44.9 Å². The van der Waals surface area contributed by atoms with Gasteiger partial charge in [-0.25, -0.2) is 0 Å². The standard InChI is InChI=1S/C16H28N4/c17-14-10-15(20-8-4-5-9-20)19-16(18,12-14)11-13-6-2-1-3-7-13/h10,12-13,19H,1-9,11,17-18H2. The number of nitrogens with zero attached hydrogens (tertiary/aromatic N) is 1. The summed E-state index contributed by atoms with van der Waals surface area (Å²) in [6.07, 6.45) is 14.3. The number of hydrogen-bond acceptors (Lipinski definition) is 4. The van der Waals surface area contributed by atoms with Gasteiger partial charge in [0.25, 0.3) is 0 Å². The highest BCUT2D eigenvalue weighted by Crippen LogP contribution is 2.31. The van der Waals surface area contributed by atoms with Crippen molar-refractivity contribution in [3.8, 4) is 0 Å². The van der Waals surface area contributed by atoms with E-state index in [1.807, 2.05) is 12.2 Å². The maximum atomic E-state index is 6.60. The molecule has 0 amide bonds. The smallest absolute Gasteiger partial charge is 0.109 e. The molecule has 112 valence electrons. The molecule has 2 fully saturated rings. The van der Waals surface area contributed by atoms with E-state index in [1.54, 1.807) is 0 Å². The topological polar surface area (TPSA) is 67.3 Å². The Morgan fingerprint density at radius 1 is 1.15 bits per heavy atom. The molecule has 0 spiro atoms. The Kier molecular flexibility index (Phi) is 3.92. The molecule has 0 radical (unpaired) electrons. The number of likely N-dealkylation sites (tertiary alicyclic amines) is 1. The molecule has 20 heavy (non-hydrogen) atoms. The van der Waals surface area contributed by atoms with Gasteiger partial charge in [0.15, 0.2) is 0 Å². The predicted molar refractivity (Wildman–Crippen MR) is 82.4 cm³/mol. The van der Waals surface area contributed by atoms with Gasteiger partial charge < -0.3 is 21.7 Å². The van der Waals surface area contributed by atoms with Crippen molar-refractivity contribution in [2.75, 3.05) is 13.1 Å². The molecule has 2 aliphatic heterocycles. The first-order chi connectivity index (χ1) is 9.65. The van der Waals surface area contributed by atoms with Gasteiger partial charge in [0.2, 0.25) is 0 Å². The van der Waals surface area contributed by atoms with E-state index in [-0.39, 0.29) is 0 Å². The first-order valence-corrected chi connectivity index (χ1v) is 8.17. The van der Waals surface area contributed by atoms with Crippen LogP contribution < -0.4 is 16.8 Å². The van der Waals surface area contributed by atoms with Gasteiger partial charge in [-0.3, -0.25) is 0 Å². The summed E-state index contributed by atoms with van der Waals surface area (Å²) < 4.78 is 0. The van der Waals surface area contributed by atoms with Crippen molar-refractivity contribution in [2.24, 2.45) is 17.4 Å². The van der Waals surface area contributed by atoms with Crippen LogP contribution in [0.2, 0.25) is 0 Å². The highest BCUT2D eigenvalue weighted by Gasteiger charge is 2.32. The lowest BCUT2D eigenvalue weighted by Crippen LogP contribution is -2.56. The van der Waals surface area contributed by atoms with Crippen LogP contribution in [0, 0.1) is 5.92 Å². The Morgan fingerprint density at radius 2 is 1.85 bits per heavy atom. The molecular weight excluding hydrogens is 248 g/mol. The van der Waals surface area contributed by atoms with Crippen molar-refractivity contribution >= 4 is 0 Å². The maximum Gasteiger partial charge on any atom is 0.109 e. The van der Waals surface area contributed by atoms with Crippen molar-refractivity contribution in [3.63, 3.8) is 0 Å². The Labute approximate surface area is 122 Å². The van der Waals surface area contributed by atoms with Crippen LogP contribution in [-0.4, -0.2) is 23.7 Å². The first-order valence-electron chi connectivity index (χ1n) is 8.17. The monoisotopic (exact) mass is 276 g/mol. The number of nitrogens with one attached hydrogen (secondary N) is 1. The second-order valence-corrected chi connectivity index (χ2v) is 6.74. The van der Waals surface area contributed by atoms with Crippen molar-refractivity contribution in [1.82, 2.24) is 10.2 Å². The fourth-order valence-corrected chi connectivity index (χ4v) is 3.91. The molecule has 4 nitrogen and oxygen atoms in total. The Balaban J connectivity index is 1.68. The fraction of sp³-hybridized carbons (Fsp3) is 0.750. The van der Waals surface area contributed by atoms with Crippen LogP contribution in [0.25, 0.3) is 0 Å². The Morgan fingerprint density at radius 3 is 2.55 bits per heavy atom. The second kappa shape index (κ2) is 5.68. The zero-order valence-corrected chi connectivity index (χ0v) is 12.4. The van der Waals surface area contributed by atoms with Gasteiger partial charge in [0, 0.05) is 24.9 Å². The Hall–Kier alpha value is -1.16. The van der Waals surface area contributed by atoms with Gasteiger partial charge in [-0.15, -0.1) is 0 Å². The zero-order valence-electron chi connectivity index (χ0n) is 12.4. The van der Waals surface area contributed by atoms with Crippen molar-refractivity contribution in [3.05, 3.63) is 23.7 Å². The summed E-state index contributed by atoms with van der Waals surface area (Å²) in [5.74, 6) is 1.86. The molecular formula is C16H28N4. The van der Waals surface area contributed by atoms with E-state index in [9.17, 15) is 0 Å². The van der Waals surface area contributed by atoms with Gasteiger partial charge in [-0.1, -0.05) is 32.1 Å².